The number of benzene rings is 2. The number of carbonyl (C=O) groups is 1. The maximum Gasteiger partial charge on any atom is 0.253 e. The number of amides is 1. The van der Waals surface area contributed by atoms with Crippen molar-refractivity contribution in [2.45, 2.75) is 13.0 Å². The van der Waals surface area contributed by atoms with Gasteiger partial charge in [0.15, 0.2) is 0 Å². The summed E-state index contributed by atoms with van der Waals surface area (Å²) in [6, 6.07) is 18.1. The summed E-state index contributed by atoms with van der Waals surface area (Å²) in [7, 11) is 4.05. The van der Waals surface area contributed by atoms with Gasteiger partial charge in [0.2, 0.25) is 0 Å². The Labute approximate surface area is 169 Å². The molecule has 0 aliphatic rings. The van der Waals surface area contributed by atoms with Crippen LogP contribution < -0.4 is 5.73 Å². The Morgan fingerprint density at radius 1 is 0.923 bits per heavy atom. The van der Waals surface area contributed by atoms with Gasteiger partial charge in [-0.1, -0.05) is 42.5 Å². The fourth-order valence-electron chi connectivity index (χ4n) is 2.73. The van der Waals surface area contributed by atoms with Crippen LogP contribution in [0.25, 0.3) is 0 Å². The quantitative estimate of drug-likeness (QED) is 0.743. The van der Waals surface area contributed by atoms with Gasteiger partial charge in [0, 0.05) is 31.7 Å². The van der Waals surface area contributed by atoms with Gasteiger partial charge in [-0.3, -0.25) is 4.79 Å². The predicted molar refractivity (Wildman–Crippen MR) is 113 cm³/mol. The second-order valence-corrected chi connectivity index (χ2v) is 6.25. The van der Waals surface area contributed by atoms with Crippen LogP contribution in [0.1, 0.15) is 21.5 Å². The molecule has 2 N–H and O–H groups in total. The van der Waals surface area contributed by atoms with Crippen molar-refractivity contribution in [3.63, 3.8) is 0 Å². The molecule has 1 amide bonds. The molecule has 6 heteroatoms. The van der Waals surface area contributed by atoms with Crippen LogP contribution in [0.4, 0.5) is 0 Å². The van der Waals surface area contributed by atoms with Gasteiger partial charge >= 0.3 is 0 Å². The first-order valence-electron chi connectivity index (χ1n) is 8.37. The fourth-order valence-corrected chi connectivity index (χ4v) is 2.73. The van der Waals surface area contributed by atoms with E-state index in [1.54, 1.807) is 0 Å². The highest BCUT2D eigenvalue weighted by molar-refractivity contribution is 5.94. The predicted octanol–water partition coefficient (Wildman–Crippen LogP) is 3.24. The third-order valence-electron chi connectivity index (χ3n) is 3.87. The first-order chi connectivity index (χ1) is 11.6. The molecule has 0 fully saturated rings. The lowest BCUT2D eigenvalue weighted by atomic mass is 10.1. The maximum atomic E-state index is 12.9. The van der Waals surface area contributed by atoms with E-state index in [4.69, 9.17) is 5.73 Å². The van der Waals surface area contributed by atoms with Crippen molar-refractivity contribution in [1.29, 1.82) is 0 Å². The second-order valence-electron chi connectivity index (χ2n) is 6.25. The molecular formula is C20H29Cl2N3O. The molecule has 26 heavy (non-hydrogen) atoms. The third kappa shape index (κ3) is 7.75. The van der Waals surface area contributed by atoms with Crippen molar-refractivity contribution < 1.29 is 4.79 Å². The third-order valence-corrected chi connectivity index (χ3v) is 3.87. The van der Waals surface area contributed by atoms with Crippen molar-refractivity contribution in [3.8, 4) is 0 Å². The molecule has 0 bridgehead atoms. The van der Waals surface area contributed by atoms with Gasteiger partial charge < -0.3 is 15.5 Å². The van der Waals surface area contributed by atoms with E-state index < -0.39 is 0 Å². The summed E-state index contributed by atoms with van der Waals surface area (Å²) < 4.78 is 0. The van der Waals surface area contributed by atoms with E-state index in [9.17, 15) is 4.79 Å². The number of rotatable bonds is 8. The zero-order chi connectivity index (χ0) is 17.4. The minimum atomic E-state index is 0. The largest absolute Gasteiger partial charge is 0.337 e. The van der Waals surface area contributed by atoms with Gasteiger partial charge in [-0.25, -0.2) is 0 Å². The Kier molecular flexibility index (Phi) is 11.9. The van der Waals surface area contributed by atoms with Crippen molar-refractivity contribution in [2.24, 2.45) is 5.73 Å². The molecule has 0 atom stereocenters. The van der Waals surface area contributed by atoms with Gasteiger partial charge in [-0.15, -0.1) is 24.8 Å². The van der Waals surface area contributed by atoms with Crippen LogP contribution in [-0.2, 0) is 13.0 Å². The van der Waals surface area contributed by atoms with E-state index in [0.717, 1.165) is 24.1 Å². The normalized spacial score (nSPS) is 10.0. The van der Waals surface area contributed by atoms with Crippen molar-refractivity contribution in [1.82, 2.24) is 9.80 Å². The molecule has 0 spiro atoms. The topological polar surface area (TPSA) is 49.6 Å². The van der Waals surface area contributed by atoms with Crippen LogP contribution in [0.5, 0.6) is 0 Å². The first kappa shape index (κ1) is 24.4. The van der Waals surface area contributed by atoms with Gasteiger partial charge in [0.1, 0.15) is 0 Å². The summed E-state index contributed by atoms with van der Waals surface area (Å²) in [5.41, 5.74) is 8.81. The van der Waals surface area contributed by atoms with E-state index in [-0.39, 0.29) is 30.7 Å². The number of nitrogens with two attached hydrogens (primary N) is 1. The molecule has 0 aliphatic heterocycles. The molecule has 0 radical (unpaired) electrons. The van der Waals surface area contributed by atoms with Crippen LogP contribution in [-0.4, -0.2) is 49.4 Å². The van der Waals surface area contributed by atoms with Gasteiger partial charge in [0.25, 0.3) is 5.91 Å². The molecule has 0 aliphatic carbocycles. The van der Waals surface area contributed by atoms with Gasteiger partial charge in [0.05, 0.1) is 0 Å². The van der Waals surface area contributed by atoms with Crippen LogP contribution in [0.15, 0.2) is 54.6 Å². The van der Waals surface area contributed by atoms with Crippen LogP contribution in [0, 0.1) is 0 Å². The van der Waals surface area contributed by atoms with Gasteiger partial charge in [-0.2, -0.15) is 0 Å². The minimum absolute atomic E-state index is 0. The number of halogens is 2. The van der Waals surface area contributed by atoms with Gasteiger partial charge in [-0.05, 0) is 43.8 Å². The number of hydrogen-bond acceptors (Lipinski definition) is 3. The zero-order valence-corrected chi connectivity index (χ0v) is 17.1. The summed E-state index contributed by atoms with van der Waals surface area (Å²) in [5.74, 6) is 0.0528. The summed E-state index contributed by atoms with van der Waals surface area (Å²) in [5, 5.41) is 0. The van der Waals surface area contributed by atoms with Crippen LogP contribution >= 0.6 is 24.8 Å². The molecule has 2 aromatic rings. The summed E-state index contributed by atoms with van der Waals surface area (Å²) in [4.78, 5) is 16.8. The second kappa shape index (κ2) is 12.7. The molecule has 2 aromatic carbocycles. The number of carbonyl (C=O) groups excluding carboxylic acids is 1. The van der Waals surface area contributed by atoms with E-state index >= 15 is 0 Å². The smallest absolute Gasteiger partial charge is 0.253 e. The Morgan fingerprint density at radius 2 is 1.58 bits per heavy atom. The Bertz CT molecular complexity index is 651. The SMILES string of the molecule is CN(C)Cc1cccc(C(=O)N(CCN)CCc2ccccc2)c1.Cl.Cl. The molecule has 0 aromatic heterocycles. The Balaban J connectivity index is 0.00000312. The minimum Gasteiger partial charge on any atom is -0.337 e. The molecule has 0 saturated heterocycles. The Morgan fingerprint density at radius 3 is 2.19 bits per heavy atom. The van der Waals surface area contributed by atoms with E-state index in [1.807, 2.05) is 61.5 Å². The fraction of sp³-hybridized carbons (Fsp3) is 0.350. The maximum absolute atomic E-state index is 12.9. The highest BCUT2D eigenvalue weighted by atomic mass is 35.5. The highest BCUT2D eigenvalue weighted by Gasteiger charge is 2.15. The zero-order valence-electron chi connectivity index (χ0n) is 15.4. The van der Waals surface area contributed by atoms with E-state index in [2.05, 4.69) is 17.0 Å². The summed E-state index contributed by atoms with van der Waals surface area (Å²) >= 11 is 0. The molecule has 4 nitrogen and oxygen atoms in total. The van der Waals surface area contributed by atoms with Crippen LogP contribution in [0.3, 0.4) is 0 Å². The molecule has 0 saturated carbocycles. The molecule has 0 heterocycles. The average Bonchev–Trinajstić information content (AvgIpc) is 2.58. The lowest BCUT2D eigenvalue weighted by molar-refractivity contribution is 0.0762. The number of hydrogen-bond donors (Lipinski definition) is 1. The first-order valence-corrected chi connectivity index (χ1v) is 8.37. The van der Waals surface area contributed by atoms with Crippen LogP contribution in [0.2, 0.25) is 0 Å². The van der Waals surface area contributed by atoms with Crippen molar-refractivity contribution in [2.75, 3.05) is 33.7 Å². The summed E-state index contributed by atoms with van der Waals surface area (Å²) in [6.45, 7) is 2.54. The molecular weight excluding hydrogens is 369 g/mol. The number of nitrogens with zero attached hydrogens (tertiary/aromatic N) is 2. The lowest BCUT2D eigenvalue weighted by Crippen LogP contribution is -2.37. The van der Waals surface area contributed by atoms with E-state index in [1.165, 1.54) is 5.56 Å². The monoisotopic (exact) mass is 397 g/mol. The van der Waals surface area contributed by atoms with Crippen molar-refractivity contribution >= 4 is 30.7 Å². The molecule has 144 valence electrons. The summed E-state index contributed by atoms with van der Waals surface area (Å²) in [6.07, 6.45) is 0.837. The standard InChI is InChI=1S/C20H27N3O.2ClH/c1-22(2)16-18-9-6-10-19(15-18)20(24)23(14-12-21)13-11-17-7-4-3-5-8-17;;/h3-10,15H,11-14,16,21H2,1-2H3;2*1H. The highest BCUT2D eigenvalue weighted by Crippen LogP contribution is 2.11. The average molecular weight is 398 g/mol. The Hall–Kier alpha value is -1.59. The van der Waals surface area contributed by atoms with Crippen molar-refractivity contribution in [3.05, 3.63) is 71.3 Å². The molecule has 0 unspecified atom stereocenters. The lowest BCUT2D eigenvalue weighted by Gasteiger charge is -2.22. The van der Waals surface area contributed by atoms with E-state index in [0.29, 0.717) is 19.6 Å². The molecule has 2 rings (SSSR count).